The molecular weight excluding hydrogens is 399 g/mol. The Labute approximate surface area is 182 Å². The van der Waals surface area contributed by atoms with Crippen LogP contribution in [-0.4, -0.2) is 68.4 Å². The number of anilines is 1. The monoisotopic (exact) mass is 432 g/mol. The number of nitrogens with zero attached hydrogens (tertiary/aromatic N) is 3. The molecule has 1 aliphatic carbocycles. The number of aromatic nitrogens is 1. The highest BCUT2D eigenvalue weighted by Crippen LogP contribution is 2.29. The number of rotatable bonds is 8. The average molecular weight is 433 g/mol. The number of carbonyl (C=O) groups is 1. The molecule has 0 bridgehead atoms. The molecule has 2 fully saturated rings. The third kappa shape index (κ3) is 5.74. The number of ether oxygens (including phenoxy) is 1. The maximum Gasteiger partial charge on any atom is 0.222 e. The number of methoxy groups -OCH3 is 1. The largest absolute Gasteiger partial charge is 0.384 e. The first-order chi connectivity index (χ1) is 15.1. The van der Waals surface area contributed by atoms with Gasteiger partial charge in [0.2, 0.25) is 5.91 Å². The van der Waals surface area contributed by atoms with Crippen LogP contribution < -0.4 is 10.2 Å². The lowest BCUT2D eigenvalue weighted by atomic mass is 9.84. The van der Waals surface area contributed by atoms with E-state index >= 15 is 0 Å². The van der Waals surface area contributed by atoms with Gasteiger partial charge in [-0.3, -0.25) is 9.69 Å². The fourth-order valence-electron chi connectivity index (χ4n) is 4.76. The molecule has 7 nitrogen and oxygen atoms in total. The van der Waals surface area contributed by atoms with Gasteiger partial charge >= 0.3 is 0 Å². The van der Waals surface area contributed by atoms with Crippen LogP contribution in [0.3, 0.4) is 0 Å². The molecule has 170 valence electrons. The Morgan fingerprint density at radius 1 is 1.23 bits per heavy atom. The van der Waals surface area contributed by atoms with Crippen LogP contribution in [-0.2, 0) is 9.53 Å². The standard InChI is InChI=1S/C23H33FN4O3/c1-30-15-9-22(29)25-19-5-2-17(3-6-19)8-10-27-11-13-28(14-12-27)23-20-16-18(24)4-7-21(20)31-26-23/h4,7,16-17,19H,2-3,5-6,8-15H2,1H3,(H,25,29)/t17-,19-. The Kier molecular flexibility index (Phi) is 7.40. The van der Waals surface area contributed by atoms with E-state index < -0.39 is 0 Å². The van der Waals surface area contributed by atoms with Gasteiger partial charge in [-0.05, 0) is 62.8 Å². The second-order valence-electron chi connectivity index (χ2n) is 8.79. The number of benzene rings is 1. The zero-order valence-corrected chi connectivity index (χ0v) is 18.3. The van der Waals surface area contributed by atoms with Gasteiger partial charge in [0, 0.05) is 45.8 Å². The molecule has 1 saturated heterocycles. The van der Waals surface area contributed by atoms with Gasteiger partial charge in [-0.1, -0.05) is 5.16 Å². The molecular formula is C23H33FN4O3. The summed E-state index contributed by atoms with van der Waals surface area (Å²) in [6.45, 7) is 5.30. The second-order valence-corrected chi connectivity index (χ2v) is 8.79. The van der Waals surface area contributed by atoms with E-state index in [0.717, 1.165) is 62.7 Å². The second kappa shape index (κ2) is 10.4. The zero-order valence-electron chi connectivity index (χ0n) is 18.3. The molecule has 1 N–H and O–H groups in total. The van der Waals surface area contributed by atoms with Crippen LogP contribution in [0.15, 0.2) is 22.7 Å². The van der Waals surface area contributed by atoms with Crippen molar-refractivity contribution >= 4 is 22.7 Å². The molecule has 1 aromatic carbocycles. The molecule has 0 atom stereocenters. The topological polar surface area (TPSA) is 70.8 Å². The van der Waals surface area contributed by atoms with Gasteiger partial charge in [-0.15, -0.1) is 0 Å². The van der Waals surface area contributed by atoms with Crippen molar-refractivity contribution in [2.75, 3.05) is 51.3 Å². The molecule has 4 rings (SSSR count). The summed E-state index contributed by atoms with van der Waals surface area (Å²) in [6.07, 6.45) is 6.18. The number of fused-ring (bicyclic) bond motifs is 1. The van der Waals surface area contributed by atoms with Crippen LogP contribution in [0.2, 0.25) is 0 Å². The molecule has 1 amide bonds. The van der Waals surface area contributed by atoms with Crippen molar-refractivity contribution in [3.63, 3.8) is 0 Å². The predicted molar refractivity (Wildman–Crippen MR) is 118 cm³/mol. The van der Waals surface area contributed by atoms with Crippen molar-refractivity contribution in [1.29, 1.82) is 0 Å². The quantitative estimate of drug-likeness (QED) is 0.691. The number of carbonyl (C=O) groups excluding carboxylic acids is 1. The van der Waals surface area contributed by atoms with E-state index in [1.807, 2.05) is 0 Å². The lowest BCUT2D eigenvalue weighted by Crippen LogP contribution is -2.47. The minimum atomic E-state index is -0.264. The highest BCUT2D eigenvalue weighted by atomic mass is 19.1. The highest BCUT2D eigenvalue weighted by Gasteiger charge is 2.25. The zero-order chi connectivity index (χ0) is 21.6. The van der Waals surface area contributed by atoms with Crippen molar-refractivity contribution in [2.45, 2.75) is 44.6 Å². The van der Waals surface area contributed by atoms with Gasteiger partial charge in [0.25, 0.3) is 0 Å². The van der Waals surface area contributed by atoms with Crippen LogP contribution in [0, 0.1) is 11.7 Å². The van der Waals surface area contributed by atoms with Gasteiger partial charge in [0.1, 0.15) is 5.82 Å². The Morgan fingerprint density at radius 3 is 2.74 bits per heavy atom. The number of piperazine rings is 1. The van der Waals surface area contributed by atoms with Crippen LogP contribution in [0.25, 0.3) is 11.0 Å². The molecule has 1 aromatic heterocycles. The first-order valence-electron chi connectivity index (χ1n) is 11.4. The summed E-state index contributed by atoms with van der Waals surface area (Å²) >= 11 is 0. The van der Waals surface area contributed by atoms with E-state index in [1.165, 1.54) is 31.4 Å². The average Bonchev–Trinajstić information content (AvgIpc) is 3.20. The first-order valence-corrected chi connectivity index (χ1v) is 11.4. The molecule has 1 saturated carbocycles. The van der Waals surface area contributed by atoms with Gasteiger partial charge in [-0.2, -0.15) is 0 Å². The van der Waals surface area contributed by atoms with Crippen molar-refractivity contribution in [3.8, 4) is 0 Å². The van der Waals surface area contributed by atoms with Crippen LogP contribution in [0.5, 0.6) is 0 Å². The van der Waals surface area contributed by atoms with Crippen molar-refractivity contribution in [3.05, 3.63) is 24.0 Å². The Hall–Kier alpha value is -2.19. The van der Waals surface area contributed by atoms with Gasteiger partial charge < -0.3 is 19.5 Å². The first kappa shape index (κ1) is 22.0. The van der Waals surface area contributed by atoms with E-state index in [0.29, 0.717) is 24.7 Å². The highest BCUT2D eigenvalue weighted by molar-refractivity contribution is 5.88. The summed E-state index contributed by atoms with van der Waals surface area (Å²) in [6, 6.07) is 4.87. The molecule has 0 spiro atoms. The summed E-state index contributed by atoms with van der Waals surface area (Å²) < 4.78 is 23.9. The third-order valence-corrected chi connectivity index (χ3v) is 6.68. The molecule has 2 heterocycles. The minimum Gasteiger partial charge on any atom is -0.384 e. The van der Waals surface area contributed by atoms with Gasteiger partial charge in [0.05, 0.1) is 12.0 Å². The Morgan fingerprint density at radius 2 is 2.00 bits per heavy atom. The number of halogens is 1. The smallest absolute Gasteiger partial charge is 0.222 e. The fourth-order valence-corrected chi connectivity index (χ4v) is 4.76. The molecule has 2 aromatic rings. The van der Waals surface area contributed by atoms with Crippen LogP contribution in [0.4, 0.5) is 10.2 Å². The van der Waals surface area contributed by atoms with E-state index in [9.17, 15) is 9.18 Å². The summed E-state index contributed by atoms with van der Waals surface area (Å²) in [5, 5.41) is 8.07. The molecule has 2 aliphatic rings. The number of hydrogen-bond acceptors (Lipinski definition) is 6. The van der Waals surface area contributed by atoms with Crippen molar-refractivity contribution in [1.82, 2.24) is 15.4 Å². The van der Waals surface area contributed by atoms with E-state index in [1.54, 1.807) is 13.2 Å². The number of nitrogens with one attached hydrogen (secondary N) is 1. The van der Waals surface area contributed by atoms with Crippen LogP contribution in [0.1, 0.15) is 38.5 Å². The van der Waals surface area contributed by atoms with Gasteiger partial charge in [-0.25, -0.2) is 4.39 Å². The minimum absolute atomic E-state index is 0.103. The SMILES string of the molecule is COCCC(=O)N[C@H]1CC[C@H](CCN2CCN(c3noc4ccc(F)cc34)CC2)CC1. The maximum absolute atomic E-state index is 13.6. The van der Waals surface area contributed by atoms with Crippen LogP contribution >= 0.6 is 0 Å². The Bertz CT molecular complexity index is 858. The fraction of sp³-hybridized carbons (Fsp3) is 0.652. The van der Waals surface area contributed by atoms with E-state index in [2.05, 4.69) is 20.3 Å². The summed E-state index contributed by atoms with van der Waals surface area (Å²) in [5.41, 5.74) is 0.629. The summed E-state index contributed by atoms with van der Waals surface area (Å²) in [7, 11) is 1.62. The molecule has 0 radical (unpaired) electrons. The van der Waals surface area contributed by atoms with Crippen molar-refractivity contribution < 1.29 is 18.4 Å². The lowest BCUT2D eigenvalue weighted by molar-refractivity contribution is -0.122. The molecule has 8 heteroatoms. The molecule has 31 heavy (non-hydrogen) atoms. The number of hydrogen-bond donors (Lipinski definition) is 1. The molecule has 0 unspecified atom stereocenters. The number of amides is 1. The Balaban J connectivity index is 1.17. The normalized spacial score (nSPS) is 22.7. The van der Waals surface area contributed by atoms with Gasteiger partial charge in [0.15, 0.2) is 11.4 Å². The predicted octanol–water partition coefficient (Wildman–Crippen LogP) is 3.19. The van der Waals surface area contributed by atoms with Crippen molar-refractivity contribution in [2.24, 2.45) is 5.92 Å². The van der Waals surface area contributed by atoms with E-state index in [4.69, 9.17) is 9.26 Å². The lowest BCUT2D eigenvalue weighted by Gasteiger charge is -2.36. The summed E-state index contributed by atoms with van der Waals surface area (Å²) in [5.74, 6) is 1.33. The third-order valence-electron chi connectivity index (χ3n) is 6.68. The molecule has 1 aliphatic heterocycles. The maximum atomic E-state index is 13.6. The summed E-state index contributed by atoms with van der Waals surface area (Å²) in [4.78, 5) is 16.6. The van der Waals surface area contributed by atoms with E-state index in [-0.39, 0.29) is 11.7 Å².